The second-order valence-corrected chi connectivity index (χ2v) is 6.95. The minimum Gasteiger partial charge on any atom is -0.488 e. The molecule has 2 heterocycles. The van der Waals surface area contributed by atoms with E-state index in [9.17, 15) is 0 Å². The Bertz CT molecular complexity index is 764. The molecule has 0 N–H and O–H groups in total. The van der Waals surface area contributed by atoms with Crippen LogP contribution in [0.25, 0.3) is 0 Å². The number of likely N-dealkylation sites (N-methyl/N-ethyl adjacent to an activating group) is 1. The van der Waals surface area contributed by atoms with Gasteiger partial charge in [-0.3, -0.25) is 0 Å². The Kier molecular flexibility index (Phi) is 4.01. The fraction of sp³-hybridized carbons (Fsp3) is 0.368. The number of halogens is 1. The van der Waals surface area contributed by atoms with Gasteiger partial charge in [-0.1, -0.05) is 35.9 Å². The average Bonchev–Trinajstić information content (AvgIpc) is 2.92. The molecule has 0 saturated carbocycles. The lowest BCUT2D eigenvalue weighted by Gasteiger charge is -2.30. The van der Waals surface area contributed by atoms with Gasteiger partial charge in [-0.25, -0.2) is 0 Å². The molecule has 1 spiro atoms. The van der Waals surface area contributed by atoms with E-state index in [-0.39, 0.29) is 6.10 Å². The van der Waals surface area contributed by atoms with Gasteiger partial charge in [0, 0.05) is 17.1 Å². The van der Waals surface area contributed by atoms with Crippen LogP contribution >= 0.6 is 11.6 Å². The highest BCUT2D eigenvalue weighted by Crippen LogP contribution is 2.48. The van der Waals surface area contributed by atoms with Crippen molar-refractivity contribution >= 4 is 11.6 Å². The van der Waals surface area contributed by atoms with Gasteiger partial charge < -0.3 is 19.1 Å². The SMILES string of the molecule is CN(C)CC1COC2(O1)c1ccccc1COc1ccc(Cl)cc12. The molecule has 1 fully saturated rings. The normalized spacial score (nSPS) is 25.2. The van der Waals surface area contributed by atoms with Gasteiger partial charge in [0.25, 0.3) is 0 Å². The average molecular weight is 346 g/mol. The van der Waals surface area contributed by atoms with E-state index in [1.807, 2.05) is 50.5 Å². The summed E-state index contributed by atoms with van der Waals surface area (Å²) >= 11 is 6.26. The highest BCUT2D eigenvalue weighted by molar-refractivity contribution is 6.30. The predicted octanol–water partition coefficient (Wildman–Crippen LogP) is 3.41. The predicted molar refractivity (Wildman–Crippen MR) is 92.4 cm³/mol. The summed E-state index contributed by atoms with van der Waals surface area (Å²) in [6.45, 7) is 1.80. The number of benzene rings is 2. The molecular formula is C19H20ClNO3. The highest BCUT2D eigenvalue weighted by Gasteiger charge is 2.49. The van der Waals surface area contributed by atoms with E-state index in [1.54, 1.807) is 0 Å². The molecule has 4 nitrogen and oxygen atoms in total. The summed E-state index contributed by atoms with van der Waals surface area (Å²) in [5.74, 6) is -0.213. The van der Waals surface area contributed by atoms with Gasteiger partial charge in [0.05, 0.1) is 18.3 Å². The van der Waals surface area contributed by atoms with E-state index in [1.165, 1.54) is 0 Å². The first kappa shape index (κ1) is 15.9. The van der Waals surface area contributed by atoms with E-state index in [2.05, 4.69) is 11.0 Å². The largest absolute Gasteiger partial charge is 0.488 e. The third kappa shape index (κ3) is 2.60. The number of hydrogen-bond acceptors (Lipinski definition) is 4. The molecule has 0 amide bonds. The van der Waals surface area contributed by atoms with E-state index in [4.69, 9.17) is 25.8 Å². The second-order valence-electron chi connectivity index (χ2n) is 6.52. The lowest BCUT2D eigenvalue weighted by atomic mass is 9.93. The molecule has 126 valence electrons. The summed E-state index contributed by atoms with van der Waals surface area (Å²) in [5.41, 5.74) is 2.89. The third-order valence-corrected chi connectivity index (χ3v) is 4.66. The number of hydrogen-bond donors (Lipinski definition) is 0. The molecule has 2 aliphatic heterocycles. The van der Waals surface area contributed by atoms with E-state index >= 15 is 0 Å². The Balaban J connectivity index is 1.87. The second kappa shape index (κ2) is 6.05. The Labute approximate surface area is 146 Å². The van der Waals surface area contributed by atoms with Gasteiger partial charge in [-0.15, -0.1) is 0 Å². The summed E-state index contributed by atoms with van der Waals surface area (Å²) in [6.07, 6.45) is -0.0158. The first-order valence-corrected chi connectivity index (χ1v) is 8.44. The summed E-state index contributed by atoms with van der Waals surface area (Å²) in [4.78, 5) is 2.10. The van der Waals surface area contributed by atoms with Crippen LogP contribution in [0.4, 0.5) is 0 Å². The number of ether oxygens (including phenoxy) is 3. The topological polar surface area (TPSA) is 30.9 Å². The third-order valence-electron chi connectivity index (χ3n) is 4.43. The van der Waals surface area contributed by atoms with Crippen LogP contribution in [-0.4, -0.2) is 38.3 Å². The molecule has 2 atom stereocenters. The minimum absolute atomic E-state index is 0.0158. The van der Waals surface area contributed by atoms with Crippen LogP contribution in [0.3, 0.4) is 0 Å². The van der Waals surface area contributed by atoms with Crippen LogP contribution in [0.1, 0.15) is 16.7 Å². The van der Waals surface area contributed by atoms with Crippen molar-refractivity contribution in [2.75, 3.05) is 27.2 Å². The summed E-state index contributed by atoms with van der Waals surface area (Å²) in [7, 11) is 4.06. The lowest BCUT2D eigenvalue weighted by Crippen LogP contribution is -2.33. The van der Waals surface area contributed by atoms with Crippen molar-refractivity contribution in [3.05, 3.63) is 64.2 Å². The number of rotatable bonds is 2. The quantitative estimate of drug-likeness (QED) is 0.834. The molecular weight excluding hydrogens is 326 g/mol. The summed E-state index contributed by atoms with van der Waals surface area (Å²) < 4.78 is 18.8. The van der Waals surface area contributed by atoms with Gasteiger partial charge in [0.1, 0.15) is 12.4 Å². The first-order valence-electron chi connectivity index (χ1n) is 8.06. The molecule has 2 unspecified atom stereocenters. The fourth-order valence-electron chi connectivity index (χ4n) is 3.45. The Morgan fingerprint density at radius 1 is 1.17 bits per heavy atom. The van der Waals surface area contributed by atoms with Gasteiger partial charge in [-0.2, -0.15) is 0 Å². The lowest BCUT2D eigenvalue weighted by molar-refractivity contribution is -0.144. The number of nitrogens with zero attached hydrogens (tertiary/aromatic N) is 1. The minimum atomic E-state index is -0.964. The molecule has 24 heavy (non-hydrogen) atoms. The van der Waals surface area contributed by atoms with E-state index < -0.39 is 5.79 Å². The molecule has 0 aliphatic carbocycles. The Morgan fingerprint density at radius 2 is 2.00 bits per heavy atom. The smallest absolute Gasteiger partial charge is 0.226 e. The van der Waals surface area contributed by atoms with Crippen LogP contribution in [0.15, 0.2) is 42.5 Å². The zero-order valence-electron chi connectivity index (χ0n) is 13.8. The van der Waals surface area contributed by atoms with Gasteiger partial charge in [0.2, 0.25) is 5.79 Å². The Morgan fingerprint density at radius 3 is 2.83 bits per heavy atom. The first-order chi connectivity index (χ1) is 11.6. The highest BCUT2D eigenvalue weighted by atomic mass is 35.5. The standard InChI is InChI=1S/C19H20ClNO3/c1-21(2)10-15-12-23-19(24-15)16-6-4-3-5-13(16)11-22-18-8-7-14(20)9-17(18)19/h3-9,15H,10-12H2,1-2H3. The molecule has 2 aromatic carbocycles. The maximum atomic E-state index is 6.49. The molecule has 0 aromatic heterocycles. The van der Waals surface area contributed by atoms with E-state index in [0.29, 0.717) is 18.2 Å². The molecule has 4 rings (SSSR count). The molecule has 0 radical (unpaired) electrons. The molecule has 5 heteroatoms. The Hall–Kier alpha value is -1.59. The van der Waals surface area contributed by atoms with Gasteiger partial charge in [0.15, 0.2) is 0 Å². The molecule has 1 saturated heterocycles. The van der Waals surface area contributed by atoms with Crippen LogP contribution < -0.4 is 4.74 Å². The zero-order chi connectivity index (χ0) is 16.7. The van der Waals surface area contributed by atoms with Crippen LogP contribution in [-0.2, 0) is 21.9 Å². The van der Waals surface area contributed by atoms with Crippen molar-refractivity contribution in [3.8, 4) is 5.75 Å². The number of fused-ring (bicyclic) bond motifs is 4. The maximum absolute atomic E-state index is 6.49. The van der Waals surface area contributed by atoms with Crippen molar-refractivity contribution < 1.29 is 14.2 Å². The van der Waals surface area contributed by atoms with Crippen LogP contribution in [0.5, 0.6) is 5.75 Å². The van der Waals surface area contributed by atoms with Crippen molar-refractivity contribution in [2.24, 2.45) is 0 Å². The van der Waals surface area contributed by atoms with Gasteiger partial charge >= 0.3 is 0 Å². The summed E-state index contributed by atoms with van der Waals surface area (Å²) in [5, 5.41) is 0.638. The van der Waals surface area contributed by atoms with Crippen molar-refractivity contribution in [1.29, 1.82) is 0 Å². The van der Waals surface area contributed by atoms with Crippen LogP contribution in [0, 0.1) is 0 Å². The van der Waals surface area contributed by atoms with Crippen LogP contribution in [0.2, 0.25) is 5.02 Å². The maximum Gasteiger partial charge on any atom is 0.226 e. The van der Waals surface area contributed by atoms with Crippen molar-refractivity contribution in [1.82, 2.24) is 4.90 Å². The molecule has 0 bridgehead atoms. The monoisotopic (exact) mass is 345 g/mol. The van der Waals surface area contributed by atoms with Crippen molar-refractivity contribution in [3.63, 3.8) is 0 Å². The molecule has 2 aliphatic rings. The van der Waals surface area contributed by atoms with E-state index in [0.717, 1.165) is 29.0 Å². The zero-order valence-corrected chi connectivity index (χ0v) is 14.5. The van der Waals surface area contributed by atoms with Crippen molar-refractivity contribution in [2.45, 2.75) is 18.5 Å². The fourth-order valence-corrected chi connectivity index (χ4v) is 3.62. The molecule has 2 aromatic rings. The summed E-state index contributed by atoms with van der Waals surface area (Å²) in [6, 6.07) is 13.7. The van der Waals surface area contributed by atoms with Gasteiger partial charge in [-0.05, 0) is 37.9 Å².